The summed E-state index contributed by atoms with van der Waals surface area (Å²) in [5, 5.41) is 0. The zero-order valence-corrected chi connectivity index (χ0v) is 13.2. The number of rotatable bonds is 4. The van der Waals surface area contributed by atoms with Crippen LogP contribution in [0.4, 0.5) is 0 Å². The second-order valence-electron chi connectivity index (χ2n) is 5.97. The number of morpholine rings is 1. The molecule has 0 unspecified atom stereocenters. The van der Waals surface area contributed by atoms with Crippen LogP contribution in [0.5, 0.6) is 0 Å². The van der Waals surface area contributed by atoms with Crippen molar-refractivity contribution in [3.8, 4) is 0 Å². The van der Waals surface area contributed by atoms with Crippen LogP contribution in [-0.2, 0) is 14.3 Å². The Morgan fingerprint density at radius 3 is 2.29 bits per heavy atom. The molecule has 0 aliphatic carbocycles. The molecule has 2 saturated heterocycles. The van der Waals surface area contributed by atoms with Crippen molar-refractivity contribution < 1.29 is 14.3 Å². The van der Waals surface area contributed by atoms with E-state index in [0.29, 0.717) is 32.8 Å². The van der Waals surface area contributed by atoms with Gasteiger partial charge in [-0.1, -0.05) is 0 Å². The lowest BCUT2D eigenvalue weighted by atomic mass is 10.1. The van der Waals surface area contributed by atoms with E-state index in [0.717, 1.165) is 25.9 Å². The number of likely N-dealkylation sites (tertiary alicyclic amines) is 1. The molecule has 1 atom stereocenters. The Kier molecular flexibility index (Phi) is 5.99. The van der Waals surface area contributed by atoms with Crippen LogP contribution in [0.1, 0.15) is 26.2 Å². The van der Waals surface area contributed by atoms with Crippen molar-refractivity contribution in [2.75, 3.05) is 53.0 Å². The molecule has 0 bridgehead atoms. The summed E-state index contributed by atoms with van der Waals surface area (Å²) in [4.78, 5) is 30.3. The predicted octanol–water partition coefficient (Wildman–Crippen LogP) is 0.178. The number of nitrogens with zero attached hydrogens (tertiary/aromatic N) is 3. The number of piperidine rings is 1. The highest BCUT2D eigenvalue weighted by Gasteiger charge is 2.27. The molecule has 0 aromatic carbocycles. The second-order valence-corrected chi connectivity index (χ2v) is 5.97. The van der Waals surface area contributed by atoms with Crippen molar-refractivity contribution in [3.63, 3.8) is 0 Å². The molecule has 0 spiro atoms. The van der Waals surface area contributed by atoms with Gasteiger partial charge in [-0.05, 0) is 33.2 Å². The van der Waals surface area contributed by atoms with Crippen molar-refractivity contribution in [3.05, 3.63) is 0 Å². The maximum atomic E-state index is 12.4. The molecule has 0 aromatic rings. The third kappa shape index (κ3) is 4.41. The molecule has 2 amide bonds. The summed E-state index contributed by atoms with van der Waals surface area (Å²) < 4.78 is 5.25. The van der Waals surface area contributed by atoms with E-state index in [1.54, 1.807) is 0 Å². The van der Waals surface area contributed by atoms with Crippen LogP contribution in [0.2, 0.25) is 0 Å². The minimum atomic E-state index is -0.243. The zero-order chi connectivity index (χ0) is 15.2. The first-order valence-corrected chi connectivity index (χ1v) is 7.94. The van der Waals surface area contributed by atoms with Crippen LogP contribution in [0.25, 0.3) is 0 Å². The predicted molar refractivity (Wildman–Crippen MR) is 79.9 cm³/mol. The topological polar surface area (TPSA) is 53.1 Å². The van der Waals surface area contributed by atoms with Gasteiger partial charge < -0.3 is 14.5 Å². The Hall–Kier alpha value is -1.14. The van der Waals surface area contributed by atoms with E-state index in [9.17, 15) is 9.59 Å². The van der Waals surface area contributed by atoms with E-state index < -0.39 is 0 Å². The van der Waals surface area contributed by atoms with Gasteiger partial charge in [0.2, 0.25) is 11.8 Å². The molecule has 21 heavy (non-hydrogen) atoms. The minimum Gasteiger partial charge on any atom is -0.378 e. The van der Waals surface area contributed by atoms with Crippen LogP contribution in [0.3, 0.4) is 0 Å². The van der Waals surface area contributed by atoms with E-state index >= 15 is 0 Å². The molecular formula is C15H27N3O3. The van der Waals surface area contributed by atoms with Gasteiger partial charge in [-0.2, -0.15) is 0 Å². The molecule has 2 aliphatic heterocycles. The minimum absolute atomic E-state index is 0.0825. The van der Waals surface area contributed by atoms with E-state index in [2.05, 4.69) is 0 Å². The molecule has 6 nitrogen and oxygen atoms in total. The zero-order valence-electron chi connectivity index (χ0n) is 13.2. The molecular weight excluding hydrogens is 270 g/mol. The van der Waals surface area contributed by atoms with Crippen LogP contribution in [0, 0.1) is 0 Å². The average Bonchev–Trinajstić information content (AvgIpc) is 2.55. The lowest BCUT2D eigenvalue weighted by molar-refractivity contribution is -0.140. The van der Waals surface area contributed by atoms with Crippen molar-refractivity contribution in [1.29, 1.82) is 0 Å². The summed E-state index contributed by atoms with van der Waals surface area (Å²) in [7, 11) is 1.85. The van der Waals surface area contributed by atoms with Crippen molar-refractivity contribution in [1.82, 2.24) is 14.7 Å². The molecule has 2 rings (SSSR count). The summed E-state index contributed by atoms with van der Waals surface area (Å²) in [6.07, 6.45) is 3.40. The third-order valence-electron chi connectivity index (χ3n) is 4.43. The molecule has 2 fully saturated rings. The van der Waals surface area contributed by atoms with Gasteiger partial charge in [-0.15, -0.1) is 0 Å². The van der Waals surface area contributed by atoms with Gasteiger partial charge in [0.05, 0.1) is 25.8 Å². The van der Waals surface area contributed by atoms with Gasteiger partial charge >= 0.3 is 0 Å². The molecule has 2 heterocycles. The summed E-state index contributed by atoms with van der Waals surface area (Å²) in [5.41, 5.74) is 0. The molecule has 0 radical (unpaired) electrons. The number of carbonyl (C=O) groups excluding carboxylic acids is 2. The van der Waals surface area contributed by atoms with Crippen LogP contribution in [-0.4, -0.2) is 85.5 Å². The van der Waals surface area contributed by atoms with E-state index in [-0.39, 0.29) is 17.9 Å². The van der Waals surface area contributed by atoms with Gasteiger partial charge in [0.1, 0.15) is 0 Å². The van der Waals surface area contributed by atoms with E-state index in [1.165, 1.54) is 6.42 Å². The summed E-state index contributed by atoms with van der Waals surface area (Å²) in [5.74, 6) is 0.228. The highest BCUT2D eigenvalue weighted by Crippen LogP contribution is 2.12. The summed E-state index contributed by atoms with van der Waals surface area (Å²) in [6.45, 7) is 6.42. The standard InChI is InChI=1S/C15H27N3O3/c1-13(15(20)18-6-4-3-5-7-18)16(2)12-14(19)17-8-10-21-11-9-17/h13H,3-12H2,1-2H3/t13-/m1/s1. The smallest absolute Gasteiger partial charge is 0.239 e. The lowest BCUT2D eigenvalue weighted by Crippen LogP contribution is -2.51. The Labute approximate surface area is 127 Å². The van der Waals surface area contributed by atoms with Gasteiger partial charge in [0.15, 0.2) is 0 Å². The van der Waals surface area contributed by atoms with Crippen LogP contribution >= 0.6 is 0 Å². The fourth-order valence-electron chi connectivity index (χ4n) is 2.83. The quantitative estimate of drug-likeness (QED) is 0.743. The molecule has 2 aliphatic rings. The number of amides is 2. The fourth-order valence-corrected chi connectivity index (χ4v) is 2.83. The monoisotopic (exact) mass is 297 g/mol. The lowest BCUT2D eigenvalue weighted by Gasteiger charge is -2.34. The molecule has 0 N–H and O–H groups in total. The molecule has 0 saturated carbocycles. The molecule has 6 heteroatoms. The van der Waals surface area contributed by atoms with Crippen molar-refractivity contribution in [2.45, 2.75) is 32.2 Å². The normalized spacial score (nSPS) is 21.5. The summed E-state index contributed by atoms with van der Waals surface area (Å²) >= 11 is 0. The Morgan fingerprint density at radius 2 is 1.67 bits per heavy atom. The number of carbonyl (C=O) groups is 2. The number of hydrogen-bond acceptors (Lipinski definition) is 4. The first kappa shape index (κ1) is 16.2. The highest BCUT2D eigenvalue weighted by atomic mass is 16.5. The van der Waals surface area contributed by atoms with Crippen LogP contribution < -0.4 is 0 Å². The van der Waals surface area contributed by atoms with Gasteiger partial charge in [0.25, 0.3) is 0 Å². The number of ether oxygens (including phenoxy) is 1. The Morgan fingerprint density at radius 1 is 1.05 bits per heavy atom. The summed E-state index contributed by atoms with van der Waals surface area (Å²) in [6, 6.07) is -0.243. The third-order valence-corrected chi connectivity index (χ3v) is 4.43. The number of likely N-dealkylation sites (N-methyl/N-ethyl adjacent to an activating group) is 1. The van der Waals surface area contributed by atoms with Crippen molar-refractivity contribution in [2.24, 2.45) is 0 Å². The van der Waals surface area contributed by atoms with Crippen molar-refractivity contribution >= 4 is 11.8 Å². The average molecular weight is 297 g/mol. The van der Waals surface area contributed by atoms with E-state index in [4.69, 9.17) is 4.74 Å². The fraction of sp³-hybridized carbons (Fsp3) is 0.867. The van der Waals surface area contributed by atoms with E-state index in [1.807, 2.05) is 28.7 Å². The largest absolute Gasteiger partial charge is 0.378 e. The first-order chi connectivity index (χ1) is 10.1. The Bertz CT molecular complexity index is 363. The van der Waals surface area contributed by atoms with Gasteiger partial charge in [0, 0.05) is 26.2 Å². The highest BCUT2D eigenvalue weighted by molar-refractivity contribution is 5.83. The molecule has 0 aromatic heterocycles. The second kappa shape index (κ2) is 7.75. The SMILES string of the molecule is C[C@H](C(=O)N1CCCCC1)N(C)CC(=O)N1CCOCC1. The molecule has 120 valence electrons. The maximum absolute atomic E-state index is 12.4. The van der Waals surface area contributed by atoms with Gasteiger partial charge in [-0.25, -0.2) is 0 Å². The Balaban J connectivity index is 1.81. The first-order valence-electron chi connectivity index (χ1n) is 7.94. The number of hydrogen-bond donors (Lipinski definition) is 0. The maximum Gasteiger partial charge on any atom is 0.239 e. The van der Waals surface area contributed by atoms with Gasteiger partial charge in [-0.3, -0.25) is 14.5 Å². The van der Waals surface area contributed by atoms with Crippen LogP contribution in [0.15, 0.2) is 0 Å².